The summed E-state index contributed by atoms with van der Waals surface area (Å²) in [6, 6.07) is 9.17. The number of hydrogen-bond donors (Lipinski definition) is 0. The molecule has 0 saturated carbocycles. The van der Waals surface area contributed by atoms with Crippen LogP contribution < -0.4 is 0 Å². The molecular weight excluding hydrogens is 184 g/mol. The highest BCUT2D eigenvalue weighted by Gasteiger charge is 1.97. The maximum Gasteiger partial charge on any atom is 0.129 e. The molecule has 2 nitrogen and oxygen atoms in total. The zero-order valence-corrected chi connectivity index (χ0v) is 7.49. The average Bonchev–Trinajstić information content (AvgIpc) is 2.20. The summed E-state index contributed by atoms with van der Waals surface area (Å²) in [5.74, 6) is 0. The fourth-order valence-electron chi connectivity index (χ4n) is 1.01. The van der Waals surface area contributed by atoms with Gasteiger partial charge < -0.3 is 0 Å². The van der Waals surface area contributed by atoms with E-state index in [9.17, 15) is 0 Å². The molecule has 0 spiro atoms. The van der Waals surface area contributed by atoms with Gasteiger partial charge in [-0.3, -0.25) is 0 Å². The normalized spacial score (nSPS) is 9.92. The first-order valence-corrected chi connectivity index (χ1v) is 4.19. The van der Waals surface area contributed by atoms with Crippen molar-refractivity contribution in [3.05, 3.63) is 47.9 Å². The monoisotopic (exact) mass is 189 g/mol. The van der Waals surface area contributed by atoms with Crippen LogP contribution in [0.2, 0.25) is 5.15 Å². The second kappa shape index (κ2) is 3.54. The number of pyridine rings is 2. The molecule has 0 saturated heterocycles. The Morgan fingerprint density at radius 3 is 2.77 bits per heavy atom. The minimum atomic E-state index is 0.490. The van der Waals surface area contributed by atoms with E-state index >= 15 is 0 Å². The van der Waals surface area contributed by atoms with Crippen molar-refractivity contribution in [3.8, 4) is 11.3 Å². The first kappa shape index (κ1) is 8.20. The molecule has 13 heavy (non-hydrogen) atoms. The number of rotatable bonds is 1. The molecule has 0 atom stereocenters. The van der Waals surface area contributed by atoms with Gasteiger partial charge in [0.1, 0.15) is 5.15 Å². The molecule has 0 aromatic carbocycles. The Labute approximate surface area is 81.2 Å². The third kappa shape index (κ3) is 1.84. The van der Waals surface area contributed by atoms with Crippen molar-refractivity contribution in [2.45, 2.75) is 0 Å². The summed E-state index contributed by atoms with van der Waals surface area (Å²) in [4.78, 5) is 8.04. The lowest BCUT2D eigenvalue weighted by Crippen LogP contribution is -1.83. The molecule has 2 aromatic rings. The van der Waals surface area contributed by atoms with Crippen LogP contribution in [0.25, 0.3) is 11.3 Å². The summed E-state index contributed by atoms with van der Waals surface area (Å²) >= 11 is 5.66. The second-order valence-electron chi connectivity index (χ2n) is 2.52. The van der Waals surface area contributed by atoms with E-state index in [-0.39, 0.29) is 0 Å². The van der Waals surface area contributed by atoms with Crippen molar-refractivity contribution in [1.29, 1.82) is 0 Å². The number of aromatic nitrogens is 2. The van der Waals surface area contributed by atoms with E-state index in [1.165, 1.54) is 0 Å². The Kier molecular flexibility index (Phi) is 2.23. The average molecular weight is 190 g/mol. The molecule has 0 N–H and O–H groups in total. The molecule has 63 valence electrons. The first-order chi connectivity index (χ1) is 6.36. The molecule has 0 aliphatic heterocycles. The summed E-state index contributed by atoms with van der Waals surface area (Å²) in [6.45, 7) is 0. The van der Waals surface area contributed by atoms with Gasteiger partial charge in [-0.15, -0.1) is 0 Å². The highest BCUT2D eigenvalue weighted by atomic mass is 35.5. The molecule has 0 bridgehead atoms. The quantitative estimate of drug-likeness (QED) is 0.645. The third-order valence-electron chi connectivity index (χ3n) is 1.63. The van der Waals surface area contributed by atoms with Gasteiger partial charge in [-0.05, 0) is 24.3 Å². The van der Waals surface area contributed by atoms with Gasteiger partial charge >= 0.3 is 0 Å². The molecule has 2 aromatic heterocycles. The van der Waals surface area contributed by atoms with Crippen LogP contribution in [0.4, 0.5) is 0 Å². The standard InChI is InChI=1S/C10H6ClN2/c11-10-5-4-8(7-13-10)9-3-1-2-6-12-9/h1-5,7H. The largest absolute Gasteiger partial charge is 0.246 e. The molecule has 1 radical (unpaired) electrons. The molecule has 0 aliphatic rings. The van der Waals surface area contributed by atoms with Gasteiger partial charge in [0.05, 0.1) is 11.9 Å². The van der Waals surface area contributed by atoms with Crippen molar-refractivity contribution >= 4 is 11.6 Å². The second-order valence-corrected chi connectivity index (χ2v) is 2.91. The Hall–Kier alpha value is -1.41. The summed E-state index contributed by atoms with van der Waals surface area (Å²) in [5, 5.41) is 0.490. The first-order valence-electron chi connectivity index (χ1n) is 3.81. The molecule has 3 heteroatoms. The van der Waals surface area contributed by atoms with Gasteiger partial charge in [-0.25, -0.2) is 9.97 Å². The van der Waals surface area contributed by atoms with E-state index in [0.29, 0.717) is 5.15 Å². The van der Waals surface area contributed by atoms with Gasteiger partial charge in [-0.2, -0.15) is 0 Å². The Balaban J connectivity index is 2.42. The topological polar surface area (TPSA) is 25.8 Å². The van der Waals surface area contributed by atoms with Crippen molar-refractivity contribution in [1.82, 2.24) is 9.97 Å². The summed E-state index contributed by atoms with van der Waals surface area (Å²) in [6.07, 6.45) is 4.46. The van der Waals surface area contributed by atoms with Gasteiger partial charge in [0, 0.05) is 11.8 Å². The summed E-state index contributed by atoms with van der Waals surface area (Å²) < 4.78 is 0. The zero-order chi connectivity index (χ0) is 9.10. The van der Waals surface area contributed by atoms with E-state index in [0.717, 1.165) is 11.3 Å². The highest BCUT2D eigenvalue weighted by molar-refractivity contribution is 6.29. The maximum atomic E-state index is 5.66. The van der Waals surface area contributed by atoms with E-state index in [2.05, 4.69) is 16.2 Å². The Morgan fingerprint density at radius 2 is 2.15 bits per heavy atom. The predicted octanol–water partition coefficient (Wildman–Crippen LogP) is 2.60. The molecule has 0 amide bonds. The molecule has 0 unspecified atom stereocenters. The van der Waals surface area contributed by atoms with E-state index in [1.54, 1.807) is 18.3 Å². The maximum absolute atomic E-state index is 5.66. The summed E-state index contributed by atoms with van der Waals surface area (Å²) in [5.41, 5.74) is 1.80. The fraction of sp³-hybridized carbons (Fsp3) is 0. The minimum Gasteiger partial charge on any atom is -0.246 e. The Bertz CT molecular complexity index is 383. The third-order valence-corrected chi connectivity index (χ3v) is 1.86. The SMILES string of the molecule is Clc1ccc(-c2ccc[c]n2)cn1. The van der Waals surface area contributed by atoms with Crippen LogP contribution >= 0.6 is 11.6 Å². The number of nitrogens with zero attached hydrogens (tertiary/aromatic N) is 2. The molecule has 2 heterocycles. The van der Waals surface area contributed by atoms with Crippen molar-refractivity contribution in [3.63, 3.8) is 0 Å². The zero-order valence-electron chi connectivity index (χ0n) is 6.74. The fourth-order valence-corrected chi connectivity index (χ4v) is 1.13. The Morgan fingerprint density at radius 1 is 1.23 bits per heavy atom. The highest BCUT2D eigenvalue weighted by Crippen LogP contribution is 2.15. The summed E-state index contributed by atoms with van der Waals surface area (Å²) in [7, 11) is 0. The van der Waals surface area contributed by atoms with Gasteiger partial charge in [-0.1, -0.05) is 17.7 Å². The molecule has 2 rings (SSSR count). The molecule has 0 aliphatic carbocycles. The lowest BCUT2D eigenvalue weighted by Gasteiger charge is -1.97. The number of hydrogen-bond acceptors (Lipinski definition) is 2. The van der Waals surface area contributed by atoms with E-state index in [1.807, 2.05) is 18.2 Å². The van der Waals surface area contributed by atoms with Crippen LogP contribution in [-0.4, -0.2) is 9.97 Å². The van der Waals surface area contributed by atoms with Crippen molar-refractivity contribution in [2.75, 3.05) is 0 Å². The van der Waals surface area contributed by atoms with Crippen LogP contribution in [0.5, 0.6) is 0 Å². The van der Waals surface area contributed by atoms with E-state index < -0.39 is 0 Å². The van der Waals surface area contributed by atoms with Gasteiger partial charge in [0.15, 0.2) is 0 Å². The van der Waals surface area contributed by atoms with Crippen LogP contribution in [0.15, 0.2) is 36.5 Å². The lowest BCUT2D eigenvalue weighted by molar-refractivity contribution is 1.27. The van der Waals surface area contributed by atoms with Crippen LogP contribution in [0.1, 0.15) is 0 Å². The van der Waals surface area contributed by atoms with E-state index in [4.69, 9.17) is 11.6 Å². The smallest absolute Gasteiger partial charge is 0.129 e. The van der Waals surface area contributed by atoms with Crippen LogP contribution in [0.3, 0.4) is 0 Å². The van der Waals surface area contributed by atoms with Crippen molar-refractivity contribution < 1.29 is 0 Å². The minimum absolute atomic E-state index is 0.490. The van der Waals surface area contributed by atoms with Crippen LogP contribution in [-0.2, 0) is 0 Å². The van der Waals surface area contributed by atoms with Crippen LogP contribution in [0, 0.1) is 6.20 Å². The lowest BCUT2D eigenvalue weighted by atomic mass is 10.2. The molecular formula is C10H6ClN2. The number of halogens is 1. The molecule has 0 fully saturated rings. The van der Waals surface area contributed by atoms with Crippen molar-refractivity contribution in [2.24, 2.45) is 0 Å². The van der Waals surface area contributed by atoms with Gasteiger partial charge in [0.2, 0.25) is 0 Å². The van der Waals surface area contributed by atoms with Gasteiger partial charge in [0.25, 0.3) is 0 Å². The predicted molar refractivity (Wildman–Crippen MR) is 51.3 cm³/mol.